The predicted octanol–water partition coefficient (Wildman–Crippen LogP) is 2.07. The van der Waals surface area contributed by atoms with Gasteiger partial charge in [0.1, 0.15) is 0 Å². The Balaban J connectivity index is -0.00000144. The summed E-state index contributed by atoms with van der Waals surface area (Å²) in [4.78, 5) is 10.5. The number of carbonyl (C=O) groups excluding carboxylic acids is 1. The van der Waals surface area contributed by atoms with Crippen molar-refractivity contribution < 1.29 is 57.6 Å². The van der Waals surface area contributed by atoms with E-state index in [9.17, 15) is 4.79 Å². The average molecular weight is 296 g/mol. The topological polar surface area (TPSA) is 43.1 Å². The minimum Gasteiger partial charge on any atom is -1.00 e. The first kappa shape index (κ1) is 22.4. The van der Waals surface area contributed by atoms with E-state index in [1.165, 1.54) is 77.0 Å². The molecule has 0 aliphatic rings. The van der Waals surface area contributed by atoms with Gasteiger partial charge in [0.15, 0.2) is 0 Å². The smallest absolute Gasteiger partial charge is 1.00 e. The SMILES string of the molecule is CCCCCCCCCCCCCCCC(N)=O.[H-].[K+]. The van der Waals surface area contributed by atoms with Crippen LogP contribution in [0.3, 0.4) is 0 Å². The summed E-state index contributed by atoms with van der Waals surface area (Å²) >= 11 is 0. The monoisotopic (exact) mass is 295 g/mol. The van der Waals surface area contributed by atoms with Crippen LogP contribution >= 0.6 is 0 Å². The van der Waals surface area contributed by atoms with Crippen LogP contribution in [0, 0.1) is 0 Å². The number of primary amides is 1. The molecule has 0 unspecified atom stereocenters. The van der Waals surface area contributed by atoms with Crippen molar-refractivity contribution in [3.8, 4) is 0 Å². The minimum absolute atomic E-state index is 0. The molecule has 1 amide bonds. The minimum atomic E-state index is -0.155. The van der Waals surface area contributed by atoms with Crippen LogP contribution < -0.4 is 57.1 Å². The van der Waals surface area contributed by atoms with Crippen LogP contribution in [0.5, 0.6) is 0 Å². The molecule has 0 aromatic heterocycles. The number of carbonyl (C=O) groups is 1. The molecule has 3 heteroatoms. The third-order valence-corrected chi connectivity index (χ3v) is 3.53. The molecule has 0 bridgehead atoms. The predicted molar refractivity (Wildman–Crippen MR) is 80.6 cm³/mol. The first-order valence-electron chi connectivity index (χ1n) is 8.05. The molecular formula is C16H34KNO. The van der Waals surface area contributed by atoms with Gasteiger partial charge >= 0.3 is 51.4 Å². The molecule has 2 nitrogen and oxygen atoms in total. The molecule has 110 valence electrons. The van der Waals surface area contributed by atoms with Crippen LogP contribution in [0.25, 0.3) is 0 Å². The normalized spacial score (nSPS) is 10.2. The zero-order valence-electron chi connectivity index (χ0n) is 14.4. The van der Waals surface area contributed by atoms with E-state index in [0.717, 1.165) is 6.42 Å². The van der Waals surface area contributed by atoms with Crippen LogP contribution in [0.4, 0.5) is 0 Å². The van der Waals surface area contributed by atoms with Crippen molar-refractivity contribution >= 4 is 5.91 Å². The molecule has 0 saturated carbocycles. The van der Waals surface area contributed by atoms with Crippen molar-refractivity contribution in [3.05, 3.63) is 0 Å². The van der Waals surface area contributed by atoms with E-state index < -0.39 is 0 Å². The van der Waals surface area contributed by atoms with Crippen LogP contribution in [-0.4, -0.2) is 5.91 Å². The van der Waals surface area contributed by atoms with E-state index in [1.54, 1.807) is 0 Å². The van der Waals surface area contributed by atoms with E-state index in [4.69, 9.17) is 5.73 Å². The summed E-state index contributed by atoms with van der Waals surface area (Å²) in [6.45, 7) is 2.27. The third-order valence-electron chi connectivity index (χ3n) is 3.53. The maximum absolute atomic E-state index is 10.5. The third kappa shape index (κ3) is 21.6. The second-order valence-corrected chi connectivity index (χ2v) is 5.46. The Morgan fingerprint density at radius 2 is 1.05 bits per heavy atom. The zero-order valence-corrected chi connectivity index (χ0v) is 16.5. The van der Waals surface area contributed by atoms with Crippen LogP contribution in [0.1, 0.15) is 98.2 Å². The summed E-state index contributed by atoms with van der Waals surface area (Å²) in [7, 11) is 0. The second kappa shape index (κ2) is 19.1. The maximum atomic E-state index is 10.5. The van der Waals surface area contributed by atoms with Gasteiger partial charge in [0.2, 0.25) is 5.91 Å². The van der Waals surface area contributed by atoms with Crippen molar-refractivity contribution in [2.24, 2.45) is 5.73 Å². The van der Waals surface area contributed by atoms with Gasteiger partial charge in [-0.3, -0.25) is 4.79 Å². The molecule has 0 fully saturated rings. The molecule has 0 rings (SSSR count). The van der Waals surface area contributed by atoms with Crippen molar-refractivity contribution in [1.82, 2.24) is 0 Å². The first-order valence-corrected chi connectivity index (χ1v) is 8.05. The standard InChI is InChI=1S/C16H33NO.K.H/c1-2-3-4-5-6-7-8-9-10-11-12-13-14-15-16(17)18;;/h2-15H2,1H3,(H2,17,18);;/q;+1;-1. The number of rotatable bonds is 14. The molecule has 0 saturated heterocycles. The Hall–Kier alpha value is 1.11. The number of amides is 1. The fraction of sp³-hybridized carbons (Fsp3) is 0.938. The Morgan fingerprint density at radius 3 is 1.37 bits per heavy atom. The van der Waals surface area contributed by atoms with Gasteiger partial charge in [-0.05, 0) is 6.42 Å². The molecule has 0 spiro atoms. The molecule has 0 aromatic carbocycles. The molecule has 0 atom stereocenters. The number of hydrogen-bond donors (Lipinski definition) is 1. The maximum Gasteiger partial charge on any atom is 1.00 e. The summed E-state index contributed by atoms with van der Waals surface area (Å²) in [6.07, 6.45) is 17.9. The van der Waals surface area contributed by atoms with Gasteiger partial charge in [-0.2, -0.15) is 0 Å². The average Bonchev–Trinajstić information content (AvgIpc) is 2.34. The van der Waals surface area contributed by atoms with Crippen molar-refractivity contribution in [2.45, 2.75) is 96.8 Å². The molecule has 0 radical (unpaired) electrons. The Bertz CT molecular complexity index is 191. The fourth-order valence-electron chi connectivity index (χ4n) is 2.32. The van der Waals surface area contributed by atoms with Gasteiger partial charge < -0.3 is 7.16 Å². The van der Waals surface area contributed by atoms with Gasteiger partial charge in [0.25, 0.3) is 0 Å². The molecular weight excluding hydrogens is 261 g/mol. The van der Waals surface area contributed by atoms with E-state index >= 15 is 0 Å². The van der Waals surface area contributed by atoms with Crippen LogP contribution in [-0.2, 0) is 4.79 Å². The summed E-state index contributed by atoms with van der Waals surface area (Å²) < 4.78 is 0. The summed E-state index contributed by atoms with van der Waals surface area (Å²) in [5.74, 6) is -0.155. The van der Waals surface area contributed by atoms with E-state index in [-0.39, 0.29) is 58.7 Å². The van der Waals surface area contributed by atoms with Gasteiger partial charge in [0, 0.05) is 6.42 Å². The molecule has 2 N–H and O–H groups in total. The molecule has 0 heterocycles. The van der Waals surface area contributed by atoms with Gasteiger partial charge in [-0.25, -0.2) is 0 Å². The van der Waals surface area contributed by atoms with Gasteiger partial charge in [0.05, 0.1) is 0 Å². The fourth-order valence-corrected chi connectivity index (χ4v) is 2.32. The van der Waals surface area contributed by atoms with E-state index in [2.05, 4.69) is 6.92 Å². The first-order chi connectivity index (χ1) is 8.77. The molecule has 19 heavy (non-hydrogen) atoms. The molecule has 0 aromatic rings. The summed E-state index contributed by atoms with van der Waals surface area (Å²) in [5.41, 5.74) is 5.09. The zero-order chi connectivity index (χ0) is 13.5. The van der Waals surface area contributed by atoms with Crippen molar-refractivity contribution in [1.29, 1.82) is 0 Å². The summed E-state index contributed by atoms with van der Waals surface area (Å²) in [5, 5.41) is 0. The van der Waals surface area contributed by atoms with Crippen LogP contribution in [0.2, 0.25) is 0 Å². The second-order valence-electron chi connectivity index (χ2n) is 5.46. The quantitative estimate of drug-likeness (QED) is 0.387. The van der Waals surface area contributed by atoms with Crippen LogP contribution in [0.15, 0.2) is 0 Å². The van der Waals surface area contributed by atoms with Crippen molar-refractivity contribution in [3.63, 3.8) is 0 Å². The van der Waals surface area contributed by atoms with E-state index in [1.807, 2.05) is 0 Å². The molecule has 0 aliphatic heterocycles. The number of unbranched alkanes of at least 4 members (excludes halogenated alkanes) is 12. The van der Waals surface area contributed by atoms with Gasteiger partial charge in [-0.1, -0.05) is 84.0 Å². The summed E-state index contributed by atoms with van der Waals surface area (Å²) in [6, 6.07) is 0. The molecule has 0 aliphatic carbocycles. The number of hydrogen-bond acceptors (Lipinski definition) is 1. The number of nitrogens with two attached hydrogens (primary N) is 1. The Morgan fingerprint density at radius 1 is 0.737 bits per heavy atom. The van der Waals surface area contributed by atoms with E-state index in [0.29, 0.717) is 6.42 Å². The largest absolute Gasteiger partial charge is 1.00 e. The van der Waals surface area contributed by atoms with Gasteiger partial charge in [-0.15, -0.1) is 0 Å². The van der Waals surface area contributed by atoms with Crippen molar-refractivity contribution in [2.75, 3.05) is 0 Å². The Labute approximate surface area is 164 Å². The Kier molecular flexibility index (Phi) is 22.5.